The number of nitrogens with one attached hydrogen (secondary N) is 1. The molecule has 0 saturated carbocycles. The van der Waals surface area contributed by atoms with Gasteiger partial charge >= 0.3 is 6.18 Å². The van der Waals surface area contributed by atoms with Gasteiger partial charge < -0.3 is 10.4 Å². The van der Waals surface area contributed by atoms with Crippen molar-refractivity contribution in [2.75, 3.05) is 32.8 Å². The Kier molecular flexibility index (Phi) is 6.09. The smallest absolute Gasteiger partial charge is 0.396 e. The molecule has 0 aliphatic carbocycles. The van der Waals surface area contributed by atoms with Gasteiger partial charge in [-0.05, 0) is 30.5 Å². The molecule has 1 saturated heterocycles. The Morgan fingerprint density at radius 3 is 2.50 bits per heavy atom. The lowest BCUT2D eigenvalue weighted by molar-refractivity contribution is -0.137. The molecule has 0 radical (unpaired) electrons. The predicted molar refractivity (Wildman–Crippen MR) is 80.0 cm³/mol. The third kappa shape index (κ3) is 4.35. The van der Waals surface area contributed by atoms with Crippen LogP contribution in [0.15, 0.2) is 18.2 Å². The van der Waals surface area contributed by atoms with Gasteiger partial charge in [-0.2, -0.15) is 13.2 Å². The second kappa shape index (κ2) is 7.64. The van der Waals surface area contributed by atoms with Gasteiger partial charge in [-0.1, -0.05) is 17.7 Å². The largest absolute Gasteiger partial charge is 0.417 e. The van der Waals surface area contributed by atoms with E-state index < -0.39 is 11.7 Å². The topological polar surface area (TPSA) is 35.5 Å². The molecule has 2 rings (SSSR count). The zero-order valence-corrected chi connectivity index (χ0v) is 12.9. The molecule has 2 N–H and O–H groups in total. The van der Waals surface area contributed by atoms with E-state index in [4.69, 9.17) is 16.7 Å². The minimum Gasteiger partial charge on any atom is -0.396 e. The van der Waals surface area contributed by atoms with Crippen LogP contribution in [0, 0.1) is 0 Å². The third-order valence-electron chi connectivity index (χ3n) is 3.91. The Balaban J connectivity index is 2.24. The minimum atomic E-state index is -4.44. The van der Waals surface area contributed by atoms with E-state index in [0.717, 1.165) is 37.8 Å². The molecule has 0 spiro atoms. The van der Waals surface area contributed by atoms with Gasteiger partial charge in [-0.25, -0.2) is 0 Å². The molecule has 1 aliphatic heterocycles. The number of hydrogen-bond acceptors (Lipinski definition) is 3. The first-order chi connectivity index (χ1) is 10.4. The molecule has 1 fully saturated rings. The minimum absolute atomic E-state index is 0.0194. The summed E-state index contributed by atoms with van der Waals surface area (Å²) in [5.74, 6) is 0. The molecule has 1 heterocycles. The second-order valence-corrected chi connectivity index (χ2v) is 5.81. The highest BCUT2D eigenvalue weighted by Crippen LogP contribution is 2.37. The third-order valence-corrected chi connectivity index (χ3v) is 4.22. The Bertz CT molecular complexity index is 490. The molecule has 1 atom stereocenters. The quantitative estimate of drug-likeness (QED) is 0.867. The molecule has 0 aromatic heterocycles. The van der Waals surface area contributed by atoms with Crippen LogP contribution in [0.1, 0.15) is 30.0 Å². The summed E-state index contributed by atoms with van der Waals surface area (Å²) >= 11 is 5.83. The fourth-order valence-corrected chi connectivity index (χ4v) is 3.10. The number of piperazine rings is 1. The van der Waals surface area contributed by atoms with E-state index >= 15 is 0 Å². The van der Waals surface area contributed by atoms with Crippen LogP contribution >= 0.6 is 11.6 Å². The van der Waals surface area contributed by atoms with Crippen molar-refractivity contribution in [1.82, 2.24) is 10.2 Å². The molecule has 3 nitrogen and oxygen atoms in total. The van der Waals surface area contributed by atoms with Crippen LogP contribution in [0.3, 0.4) is 0 Å². The Morgan fingerprint density at radius 2 is 1.95 bits per heavy atom. The van der Waals surface area contributed by atoms with Crippen molar-refractivity contribution in [3.05, 3.63) is 34.3 Å². The number of aliphatic hydroxyl groups excluding tert-OH is 1. The van der Waals surface area contributed by atoms with Crippen LogP contribution in [0.5, 0.6) is 0 Å². The van der Waals surface area contributed by atoms with Gasteiger partial charge in [-0.3, -0.25) is 4.90 Å². The van der Waals surface area contributed by atoms with E-state index in [1.165, 1.54) is 12.1 Å². The number of nitrogens with zero attached hydrogens (tertiary/aromatic N) is 1. The summed E-state index contributed by atoms with van der Waals surface area (Å²) in [7, 11) is 0. The first kappa shape index (κ1) is 17.5. The van der Waals surface area contributed by atoms with E-state index in [1.807, 2.05) is 0 Å². The Labute approximate surface area is 133 Å². The van der Waals surface area contributed by atoms with E-state index in [0.29, 0.717) is 12.8 Å². The number of aliphatic hydroxyl groups is 1. The van der Waals surface area contributed by atoms with Crippen LogP contribution in [-0.4, -0.2) is 42.8 Å². The average Bonchev–Trinajstić information content (AvgIpc) is 2.47. The molecule has 1 aromatic rings. The highest BCUT2D eigenvalue weighted by atomic mass is 35.5. The summed E-state index contributed by atoms with van der Waals surface area (Å²) in [4.78, 5) is 2.23. The van der Waals surface area contributed by atoms with Gasteiger partial charge in [-0.15, -0.1) is 0 Å². The Morgan fingerprint density at radius 1 is 1.27 bits per heavy atom. The van der Waals surface area contributed by atoms with Crippen LogP contribution in [0.25, 0.3) is 0 Å². The van der Waals surface area contributed by atoms with Crippen molar-refractivity contribution in [3.63, 3.8) is 0 Å². The maximum absolute atomic E-state index is 12.8. The van der Waals surface area contributed by atoms with Crippen LogP contribution in [-0.2, 0) is 6.18 Å². The van der Waals surface area contributed by atoms with E-state index in [2.05, 4.69) is 10.2 Å². The number of halogens is 4. The average molecular weight is 337 g/mol. The second-order valence-electron chi connectivity index (χ2n) is 5.40. The standard InChI is InChI=1S/C15H20ClF3N2O/c16-13-10-11(3-4-12(13)15(17,18)19)14(2-1-9-22)21-7-5-20-6-8-21/h3-4,10,14,20,22H,1-2,5-9H2/t14-/m0/s1. The summed E-state index contributed by atoms with van der Waals surface area (Å²) in [5, 5.41) is 12.0. The molecular weight excluding hydrogens is 317 g/mol. The lowest BCUT2D eigenvalue weighted by Gasteiger charge is -2.35. The van der Waals surface area contributed by atoms with Crippen LogP contribution in [0.2, 0.25) is 5.02 Å². The predicted octanol–water partition coefficient (Wildman–Crippen LogP) is 3.08. The van der Waals surface area contributed by atoms with Gasteiger partial charge in [0.2, 0.25) is 0 Å². The number of hydrogen-bond donors (Lipinski definition) is 2. The van der Waals surface area contributed by atoms with Crippen LogP contribution < -0.4 is 5.32 Å². The lowest BCUT2D eigenvalue weighted by Crippen LogP contribution is -2.45. The summed E-state index contributed by atoms with van der Waals surface area (Å²) in [5.41, 5.74) is -0.0347. The maximum atomic E-state index is 12.8. The van der Waals surface area contributed by atoms with E-state index in [9.17, 15) is 13.2 Å². The highest BCUT2D eigenvalue weighted by molar-refractivity contribution is 6.31. The first-order valence-corrected chi connectivity index (χ1v) is 7.73. The van der Waals surface area contributed by atoms with E-state index in [-0.39, 0.29) is 17.7 Å². The van der Waals surface area contributed by atoms with Gasteiger partial charge in [0.15, 0.2) is 0 Å². The molecule has 0 unspecified atom stereocenters. The lowest BCUT2D eigenvalue weighted by atomic mass is 9.98. The first-order valence-electron chi connectivity index (χ1n) is 7.35. The van der Waals surface area contributed by atoms with Gasteiger partial charge in [0, 0.05) is 38.8 Å². The van der Waals surface area contributed by atoms with Crippen molar-refractivity contribution in [2.45, 2.75) is 25.1 Å². The normalized spacial score (nSPS) is 18.4. The summed E-state index contributed by atoms with van der Waals surface area (Å²) in [6.45, 7) is 3.43. The zero-order chi connectivity index (χ0) is 16.2. The van der Waals surface area contributed by atoms with Crippen molar-refractivity contribution in [2.24, 2.45) is 0 Å². The highest BCUT2D eigenvalue weighted by Gasteiger charge is 2.33. The fraction of sp³-hybridized carbons (Fsp3) is 0.600. The summed E-state index contributed by atoms with van der Waals surface area (Å²) < 4.78 is 38.4. The monoisotopic (exact) mass is 336 g/mol. The fourth-order valence-electron chi connectivity index (χ4n) is 2.81. The van der Waals surface area contributed by atoms with Gasteiger partial charge in [0.25, 0.3) is 0 Å². The van der Waals surface area contributed by atoms with Crippen LogP contribution in [0.4, 0.5) is 13.2 Å². The van der Waals surface area contributed by atoms with Crippen molar-refractivity contribution < 1.29 is 18.3 Å². The molecule has 0 amide bonds. The number of benzene rings is 1. The molecule has 7 heteroatoms. The zero-order valence-electron chi connectivity index (χ0n) is 12.2. The summed E-state index contributed by atoms with van der Waals surface area (Å²) in [6, 6.07) is 3.94. The summed E-state index contributed by atoms with van der Waals surface area (Å²) in [6.07, 6.45) is -3.14. The molecule has 124 valence electrons. The number of rotatable bonds is 5. The van der Waals surface area contributed by atoms with Gasteiger partial charge in [0.05, 0.1) is 10.6 Å². The maximum Gasteiger partial charge on any atom is 0.417 e. The van der Waals surface area contributed by atoms with E-state index in [1.54, 1.807) is 0 Å². The molecular formula is C15H20ClF3N2O. The number of alkyl halides is 3. The Hall–Kier alpha value is -0.820. The molecule has 0 bridgehead atoms. The van der Waals surface area contributed by atoms with Crippen molar-refractivity contribution in [1.29, 1.82) is 0 Å². The molecule has 1 aliphatic rings. The van der Waals surface area contributed by atoms with Crippen molar-refractivity contribution >= 4 is 11.6 Å². The molecule has 1 aromatic carbocycles. The molecule has 22 heavy (non-hydrogen) atoms. The van der Waals surface area contributed by atoms with Crippen molar-refractivity contribution in [3.8, 4) is 0 Å². The SMILES string of the molecule is OCCC[C@@H](c1ccc(C(F)(F)F)c(Cl)c1)N1CCNCC1. The van der Waals surface area contributed by atoms with Gasteiger partial charge in [0.1, 0.15) is 0 Å².